The summed E-state index contributed by atoms with van der Waals surface area (Å²) in [6.07, 6.45) is 4.34. The van der Waals surface area contributed by atoms with Gasteiger partial charge in [0.15, 0.2) is 0 Å². The number of piperidine rings is 2. The molecule has 0 aromatic carbocycles. The van der Waals surface area contributed by atoms with Crippen molar-refractivity contribution in [1.29, 1.82) is 0 Å². The third-order valence-electron chi connectivity index (χ3n) is 5.20. The second-order valence-corrected chi connectivity index (χ2v) is 6.93. The average Bonchev–Trinajstić information content (AvgIpc) is 2.60. The Bertz CT molecular complexity index is 408. The minimum atomic E-state index is -0.0689. The molecule has 1 atom stereocenters. The minimum Gasteiger partial charge on any atom is -0.384 e. The number of hydrogen-bond acceptors (Lipinski definition) is 4. The predicted molar refractivity (Wildman–Crippen MR) is 96.3 cm³/mol. The zero-order chi connectivity index (χ0) is 16.7. The number of methoxy groups -OCH3 is 1. The smallest absolute Gasteiger partial charge is 0.224 e. The van der Waals surface area contributed by atoms with Gasteiger partial charge >= 0.3 is 0 Å². The van der Waals surface area contributed by atoms with Crippen LogP contribution in [0.4, 0.5) is 0 Å². The first-order chi connectivity index (χ1) is 11.1. The number of nitrogens with one attached hydrogen (secondary N) is 2. The summed E-state index contributed by atoms with van der Waals surface area (Å²) in [4.78, 5) is 26.2. The molecule has 0 aromatic rings. The maximum Gasteiger partial charge on any atom is 0.224 e. The summed E-state index contributed by atoms with van der Waals surface area (Å²) < 4.78 is 5.39. The third-order valence-corrected chi connectivity index (χ3v) is 5.20. The van der Waals surface area contributed by atoms with Crippen molar-refractivity contribution in [2.24, 2.45) is 11.3 Å². The zero-order valence-corrected chi connectivity index (χ0v) is 15.8. The normalized spacial score (nSPS) is 23.2. The van der Waals surface area contributed by atoms with Gasteiger partial charge in [0.2, 0.25) is 11.8 Å². The fourth-order valence-electron chi connectivity index (χ4n) is 3.70. The molecule has 1 unspecified atom stereocenters. The molecule has 0 aromatic heterocycles. The fraction of sp³-hybridized carbons (Fsp3) is 0.882. The molecule has 0 bridgehead atoms. The highest BCUT2D eigenvalue weighted by Gasteiger charge is 2.34. The van der Waals surface area contributed by atoms with E-state index in [-0.39, 0.29) is 35.6 Å². The van der Waals surface area contributed by atoms with Crippen molar-refractivity contribution in [3.63, 3.8) is 0 Å². The van der Waals surface area contributed by atoms with E-state index in [2.05, 4.69) is 10.6 Å². The van der Waals surface area contributed by atoms with E-state index in [0.717, 1.165) is 45.3 Å². The number of halogens is 1. The fourth-order valence-corrected chi connectivity index (χ4v) is 3.70. The molecule has 7 heteroatoms. The van der Waals surface area contributed by atoms with Crippen LogP contribution in [0.2, 0.25) is 0 Å². The van der Waals surface area contributed by atoms with Crippen molar-refractivity contribution >= 4 is 24.2 Å². The average molecular weight is 362 g/mol. The van der Waals surface area contributed by atoms with Gasteiger partial charge < -0.3 is 20.3 Å². The lowest BCUT2D eigenvalue weighted by molar-refractivity contribution is -0.135. The van der Waals surface area contributed by atoms with Crippen LogP contribution in [0.5, 0.6) is 0 Å². The van der Waals surface area contributed by atoms with Crippen LogP contribution in [-0.4, -0.2) is 63.2 Å². The van der Waals surface area contributed by atoms with E-state index in [1.165, 1.54) is 0 Å². The van der Waals surface area contributed by atoms with E-state index in [9.17, 15) is 9.59 Å². The minimum absolute atomic E-state index is 0. The number of carbonyl (C=O) groups is 2. The van der Waals surface area contributed by atoms with E-state index in [4.69, 9.17) is 4.74 Å². The van der Waals surface area contributed by atoms with E-state index < -0.39 is 0 Å². The third kappa shape index (κ3) is 5.60. The second kappa shape index (κ2) is 10.2. The number of rotatable bonds is 6. The van der Waals surface area contributed by atoms with E-state index in [1.54, 1.807) is 7.11 Å². The van der Waals surface area contributed by atoms with Crippen molar-refractivity contribution in [2.75, 3.05) is 46.4 Å². The molecule has 2 amide bonds. The Hall–Kier alpha value is -0.850. The van der Waals surface area contributed by atoms with Crippen LogP contribution in [0.15, 0.2) is 0 Å². The maximum atomic E-state index is 12.5. The first-order valence-electron chi connectivity index (χ1n) is 8.85. The molecule has 2 aliphatic heterocycles. The number of likely N-dealkylation sites (tertiary alicyclic amines) is 1. The molecule has 6 nitrogen and oxygen atoms in total. The lowest BCUT2D eigenvalue weighted by atomic mass is 9.79. The molecule has 0 radical (unpaired) electrons. The Morgan fingerprint density at radius 1 is 1.33 bits per heavy atom. The summed E-state index contributed by atoms with van der Waals surface area (Å²) in [6.45, 7) is 6.52. The van der Waals surface area contributed by atoms with E-state index >= 15 is 0 Å². The molecule has 140 valence electrons. The Balaban J connectivity index is 0.00000288. The molecule has 0 saturated carbocycles. The standard InChI is InChI=1S/C17H31N3O3.ClH/c1-3-15(21)20-10-4-5-14(11-20)16(22)19-12-17(13-23-2)6-8-18-9-7-17;/h14,18H,3-13H2,1-2H3,(H,19,22);1H. The summed E-state index contributed by atoms with van der Waals surface area (Å²) in [5.41, 5.74) is 0.0449. The van der Waals surface area contributed by atoms with Crippen molar-refractivity contribution in [3.8, 4) is 0 Å². The summed E-state index contributed by atoms with van der Waals surface area (Å²) in [5.74, 6) is 0.171. The Labute approximate surface area is 151 Å². The number of ether oxygens (including phenoxy) is 1. The highest BCUT2D eigenvalue weighted by Crippen LogP contribution is 2.28. The quantitative estimate of drug-likeness (QED) is 0.745. The molecule has 24 heavy (non-hydrogen) atoms. The molecule has 2 heterocycles. The first kappa shape index (κ1) is 21.2. The van der Waals surface area contributed by atoms with Gasteiger partial charge in [0.05, 0.1) is 12.5 Å². The van der Waals surface area contributed by atoms with Crippen LogP contribution in [-0.2, 0) is 14.3 Å². The number of amides is 2. The predicted octanol–water partition coefficient (Wildman–Crippen LogP) is 1.19. The largest absolute Gasteiger partial charge is 0.384 e. The first-order valence-corrected chi connectivity index (χ1v) is 8.85. The maximum absolute atomic E-state index is 12.5. The highest BCUT2D eigenvalue weighted by atomic mass is 35.5. The number of hydrogen-bond donors (Lipinski definition) is 2. The monoisotopic (exact) mass is 361 g/mol. The molecule has 2 saturated heterocycles. The van der Waals surface area contributed by atoms with Gasteiger partial charge in [-0.3, -0.25) is 9.59 Å². The van der Waals surface area contributed by atoms with Gasteiger partial charge in [-0.25, -0.2) is 0 Å². The van der Waals surface area contributed by atoms with Crippen molar-refractivity contribution in [2.45, 2.75) is 39.0 Å². The second-order valence-electron chi connectivity index (χ2n) is 6.93. The molecule has 0 spiro atoms. The van der Waals surface area contributed by atoms with Gasteiger partial charge in [-0.2, -0.15) is 0 Å². The van der Waals surface area contributed by atoms with Gasteiger partial charge in [-0.15, -0.1) is 12.4 Å². The lowest BCUT2D eigenvalue weighted by Gasteiger charge is -2.38. The Morgan fingerprint density at radius 2 is 2.04 bits per heavy atom. The van der Waals surface area contributed by atoms with Crippen molar-refractivity contribution < 1.29 is 14.3 Å². The molecule has 2 fully saturated rings. The molecular weight excluding hydrogens is 330 g/mol. The van der Waals surface area contributed by atoms with Crippen LogP contribution in [0, 0.1) is 11.3 Å². The highest BCUT2D eigenvalue weighted by molar-refractivity contribution is 5.85. The zero-order valence-electron chi connectivity index (χ0n) is 14.9. The van der Waals surface area contributed by atoms with Crippen LogP contribution in [0.1, 0.15) is 39.0 Å². The molecule has 2 rings (SSSR count). The Morgan fingerprint density at radius 3 is 2.67 bits per heavy atom. The van der Waals surface area contributed by atoms with Crippen LogP contribution < -0.4 is 10.6 Å². The van der Waals surface area contributed by atoms with Crippen LogP contribution in [0.3, 0.4) is 0 Å². The molecular formula is C17H32ClN3O3. The van der Waals surface area contributed by atoms with Crippen molar-refractivity contribution in [3.05, 3.63) is 0 Å². The lowest BCUT2D eigenvalue weighted by Crippen LogP contribution is -2.50. The van der Waals surface area contributed by atoms with E-state index in [1.807, 2.05) is 11.8 Å². The number of carbonyl (C=O) groups excluding carboxylic acids is 2. The summed E-state index contributed by atoms with van der Waals surface area (Å²) >= 11 is 0. The van der Waals surface area contributed by atoms with Gasteiger partial charge in [0.25, 0.3) is 0 Å². The van der Waals surface area contributed by atoms with Crippen LogP contribution >= 0.6 is 12.4 Å². The number of nitrogens with zero attached hydrogens (tertiary/aromatic N) is 1. The van der Waals surface area contributed by atoms with Crippen molar-refractivity contribution in [1.82, 2.24) is 15.5 Å². The molecule has 0 aliphatic carbocycles. The SMILES string of the molecule is CCC(=O)N1CCCC(C(=O)NCC2(COC)CCNCC2)C1.Cl. The Kier molecular flexibility index (Phi) is 9.02. The molecule has 2 N–H and O–H groups in total. The van der Waals surface area contributed by atoms with Gasteiger partial charge in [-0.1, -0.05) is 6.92 Å². The van der Waals surface area contributed by atoms with Gasteiger partial charge in [0.1, 0.15) is 0 Å². The van der Waals surface area contributed by atoms with E-state index in [0.29, 0.717) is 26.1 Å². The molecule has 2 aliphatic rings. The van der Waals surface area contributed by atoms with Gasteiger partial charge in [-0.05, 0) is 38.8 Å². The summed E-state index contributed by atoms with van der Waals surface area (Å²) in [7, 11) is 1.72. The van der Waals surface area contributed by atoms with Crippen LogP contribution in [0.25, 0.3) is 0 Å². The van der Waals surface area contributed by atoms with Gasteiger partial charge in [0, 0.05) is 38.6 Å². The topological polar surface area (TPSA) is 70.7 Å². The summed E-state index contributed by atoms with van der Waals surface area (Å²) in [6, 6.07) is 0. The summed E-state index contributed by atoms with van der Waals surface area (Å²) in [5, 5.41) is 6.50.